The molecule has 2 aromatic heterocycles. The van der Waals surface area contributed by atoms with E-state index in [1.54, 1.807) is 0 Å². The first-order valence-corrected chi connectivity index (χ1v) is 5.93. The highest BCUT2D eigenvalue weighted by Gasteiger charge is 2.24. The molecule has 3 heterocycles. The highest BCUT2D eigenvalue weighted by atomic mass is 16.3. The second-order valence-electron chi connectivity index (χ2n) is 4.52. The van der Waals surface area contributed by atoms with Crippen LogP contribution in [-0.4, -0.2) is 32.8 Å². The molecular formula is C12H16N4O. The van der Waals surface area contributed by atoms with Crippen LogP contribution in [0.3, 0.4) is 0 Å². The summed E-state index contributed by atoms with van der Waals surface area (Å²) in [6, 6.07) is 2.47. The number of aromatic nitrogens is 3. The van der Waals surface area contributed by atoms with E-state index in [9.17, 15) is 0 Å². The quantitative estimate of drug-likeness (QED) is 0.807. The van der Waals surface area contributed by atoms with E-state index in [0.717, 1.165) is 37.5 Å². The van der Waals surface area contributed by atoms with Crippen LogP contribution in [0.4, 0.5) is 0 Å². The monoisotopic (exact) mass is 232 g/mol. The van der Waals surface area contributed by atoms with Gasteiger partial charge in [0.05, 0.1) is 11.7 Å². The van der Waals surface area contributed by atoms with Crippen LogP contribution in [0.5, 0.6) is 0 Å². The number of oxazole rings is 1. The van der Waals surface area contributed by atoms with Gasteiger partial charge in [-0.15, -0.1) is 0 Å². The summed E-state index contributed by atoms with van der Waals surface area (Å²) < 4.78 is 7.27. The first-order chi connectivity index (χ1) is 8.33. The van der Waals surface area contributed by atoms with Gasteiger partial charge in [-0.3, -0.25) is 9.58 Å². The maximum Gasteiger partial charge on any atom is 0.181 e. The van der Waals surface area contributed by atoms with E-state index in [1.165, 1.54) is 6.39 Å². The third kappa shape index (κ3) is 2.10. The zero-order valence-corrected chi connectivity index (χ0v) is 9.91. The van der Waals surface area contributed by atoms with Crippen molar-refractivity contribution in [3.63, 3.8) is 0 Å². The molecule has 0 bridgehead atoms. The fourth-order valence-corrected chi connectivity index (χ4v) is 2.36. The molecule has 0 saturated carbocycles. The minimum absolute atomic E-state index is 0.497. The Morgan fingerprint density at radius 2 is 2.47 bits per heavy atom. The van der Waals surface area contributed by atoms with E-state index in [-0.39, 0.29) is 0 Å². The molecule has 0 radical (unpaired) electrons. The molecule has 0 spiro atoms. The molecule has 1 unspecified atom stereocenters. The second-order valence-corrected chi connectivity index (χ2v) is 4.52. The Morgan fingerprint density at radius 1 is 1.53 bits per heavy atom. The summed E-state index contributed by atoms with van der Waals surface area (Å²) in [6.07, 6.45) is 6.55. The van der Waals surface area contributed by atoms with Crippen LogP contribution in [0.25, 0.3) is 0 Å². The van der Waals surface area contributed by atoms with E-state index < -0.39 is 0 Å². The normalized spacial score (nSPS) is 21.1. The molecule has 17 heavy (non-hydrogen) atoms. The van der Waals surface area contributed by atoms with Crippen molar-refractivity contribution in [2.45, 2.75) is 25.9 Å². The van der Waals surface area contributed by atoms with Gasteiger partial charge in [-0.05, 0) is 19.4 Å². The van der Waals surface area contributed by atoms with Crippen molar-refractivity contribution in [1.82, 2.24) is 19.7 Å². The number of likely N-dealkylation sites (tertiary alicyclic amines) is 1. The highest BCUT2D eigenvalue weighted by molar-refractivity contribution is 5.05. The van der Waals surface area contributed by atoms with Gasteiger partial charge in [0, 0.05) is 32.0 Å². The van der Waals surface area contributed by atoms with Crippen LogP contribution in [0, 0.1) is 6.92 Å². The lowest BCUT2D eigenvalue weighted by molar-refractivity contribution is 0.306. The summed E-state index contributed by atoms with van der Waals surface area (Å²) in [5.74, 6) is 0.924. The van der Waals surface area contributed by atoms with Crippen molar-refractivity contribution >= 4 is 0 Å². The molecule has 1 aliphatic heterocycles. The Hall–Kier alpha value is -1.62. The van der Waals surface area contributed by atoms with Crippen molar-refractivity contribution < 1.29 is 4.42 Å². The number of hydrogen-bond acceptors (Lipinski definition) is 4. The Morgan fingerprint density at radius 3 is 3.18 bits per heavy atom. The fourth-order valence-electron chi connectivity index (χ4n) is 2.36. The van der Waals surface area contributed by atoms with Crippen LogP contribution >= 0.6 is 0 Å². The molecule has 5 heteroatoms. The summed E-state index contributed by atoms with van der Waals surface area (Å²) in [6.45, 7) is 4.97. The largest absolute Gasteiger partial charge is 0.448 e. The summed E-state index contributed by atoms with van der Waals surface area (Å²) in [5.41, 5.74) is 1.05. The van der Waals surface area contributed by atoms with Crippen molar-refractivity contribution in [2.24, 2.45) is 0 Å². The molecule has 3 rings (SSSR count). The van der Waals surface area contributed by atoms with Gasteiger partial charge in [0.1, 0.15) is 5.76 Å². The molecule has 1 saturated heterocycles. The highest BCUT2D eigenvalue weighted by Crippen LogP contribution is 2.22. The fraction of sp³-hybridized carbons (Fsp3) is 0.500. The minimum Gasteiger partial charge on any atom is -0.448 e. The lowest BCUT2D eigenvalue weighted by Crippen LogP contribution is -2.21. The van der Waals surface area contributed by atoms with Gasteiger partial charge in [0.15, 0.2) is 6.39 Å². The molecule has 0 N–H and O–H groups in total. The van der Waals surface area contributed by atoms with Crippen molar-refractivity contribution in [2.75, 3.05) is 13.1 Å². The minimum atomic E-state index is 0.497. The maximum atomic E-state index is 5.22. The smallest absolute Gasteiger partial charge is 0.181 e. The predicted molar refractivity (Wildman–Crippen MR) is 62.4 cm³/mol. The molecule has 0 amide bonds. The van der Waals surface area contributed by atoms with Gasteiger partial charge in [-0.2, -0.15) is 5.10 Å². The Bertz CT molecular complexity index is 476. The summed E-state index contributed by atoms with van der Waals surface area (Å²) >= 11 is 0. The van der Waals surface area contributed by atoms with E-state index >= 15 is 0 Å². The Kier molecular flexibility index (Phi) is 2.68. The van der Waals surface area contributed by atoms with E-state index in [1.807, 2.05) is 25.4 Å². The van der Waals surface area contributed by atoms with Crippen molar-refractivity contribution in [3.05, 3.63) is 36.3 Å². The van der Waals surface area contributed by atoms with Gasteiger partial charge in [-0.1, -0.05) is 0 Å². The van der Waals surface area contributed by atoms with Gasteiger partial charge in [0.2, 0.25) is 0 Å². The van der Waals surface area contributed by atoms with Crippen LogP contribution in [0.15, 0.2) is 29.3 Å². The van der Waals surface area contributed by atoms with Crippen LogP contribution < -0.4 is 0 Å². The van der Waals surface area contributed by atoms with Gasteiger partial charge in [0.25, 0.3) is 0 Å². The average Bonchev–Trinajstić information content (AvgIpc) is 3.02. The standard InChI is InChI=1S/C12H16N4O/c1-10-12(13-9-17-10)8-15-6-3-11(7-15)16-5-2-4-14-16/h2,4-5,9,11H,3,6-8H2,1H3. The third-order valence-corrected chi connectivity index (χ3v) is 3.36. The molecule has 1 atom stereocenters. The van der Waals surface area contributed by atoms with E-state index in [0.29, 0.717) is 6.04 Å². The Balaban J connectivity index is 1.63. The molecule has 0 aromatic carbocycles. The second kappa shape index (κ2) is 4.33. The first-order valence-electron chi connectivity index (χ1n) is 5.93. The number of nitrogens with zero attached hydrogens (tertiary/aromatic N) is 4. The molecule has 1 aliphatic rings. The van der Waals surface area contributed by atoms with E-state index in [2.05, 4.69) is 19.7 Å². The van der Waals surface area contributed by atoms with Crippen LogP contribution in [-0.2, 0) is 6.54 Å². The van der Waals surface area contributed by atoms with Gasteiger partial charge < -0.3 is 4.42 Å². The summed E-state index contributed by atoms with van der Waals surface area (Å²) in [5, 5.41) is 4.30. The lowest BCUT2D eigenvalue weighted by Gasteiger charge is -2.14. The molecular weight excluding hydrogens is 216 g/mol. The lowest BCUT2D eigenvalue weighted by atomic mass is 10.3. The number of hydrogen-bond donors (Lipinski definition) is 0. The van der Waals surface area contributed by atoms with Crippen LogP contribution in [0.1, 0.15) is 23.9 Å². The van der Waals surface area contributed by atoms with E-state index in [4.69, 9.17) is 4.42 Å². The molecule has 2 aromatic rings. The molecule has 90 valence electrons. The zero-order chi connectivity index (χ0) is 11.7. The number of aryl methyl sites for hydroxylation is 1. The average molecular weight is 232 g/mol. The van der Waals surface area contributed by atoms with Gasteiger partial charge in [-0.25, -0.2) is 4.98 Å². The molecule has 0 aliphatic carbocycles. The summed E-state index contributed by atoms with van der Waals surface area (Å²) in [4.78, 5) is 6.64. The summed E-state index contributed by atoms with van der Waals surface area (Å²) in [7, 11) is 0. The predicted octanol–water partition coefficient (Wildman–Crippen LogP) is 1.63. The molecule has 1 fully saturated rings. The Labute approximate surface area is 100 Å². The van der Waals surface area contributed by atoms with Crippen molar-refractivity contribution in [1.29, 1.82) is 0 Å². The third-order valence-electron chi connectivity index (χ3n) is 3.36. The molecule has 5 nitrogen and oxygen atoms in total. The number of rotatable bonds is 3. The van der Waals surface area contributed by atoms with Crippen molar-refractivity contribution in [3.8, 4) is 0 Å². The zero-order valence-electron chi connectivity index (χ0n) is 9.91. The first kappa shape index (κ1) is 10.5. The SMILES string of the molecule is Cc1ocnc1CN1CCC(n2cccn2)C1. The topological polar surface area (TPSA) is 47.1 Å². The maximum absolute atomic E-state index is 5.22. The van der Waals surface area contributed by atoms with Gasteiger partial charge >= 0.3 is 0 Å². The van der Waals surface area contributed by atoms with Crippen LogP contribution in [0.2, 0.25) is 0 Å².